The molecule has 0 fully saturated rings. The maximum atomic E-state index is 3.94. The van der Waals surface area contributed by atoms with Gasteiger partial charge in [0.2, 0.25) is 0 Å². The van der Waals surface area contributed by atoms with Crippen molar-refractivity contribution in [1.82, 2.24) is 9.13 Å². The maximum Gasteiger partial charge on any atom is 0.0604 e. The van der Waals surface area contributed by atoms with Gasteiger partial charge in [-0.2, -0.15) is 0 Å². The fourth-order valence-corrected chi connectivity index (χ4v) is 6.61. The van der Waals surface area contributed by atoms with E-state index in [1.54, 1.807) is 0 Å². The Balaban J connectivity index is 1.30. The lowest BCUT2D eigenvalue weighted by atomic mass is 10.0. The Bertz CT molecular complexity index is 2130. The lowest BCUT2D eigenvalue weighted by Crippen LogP contribution is -1.95. The largest absolute Gasteiger partial charge is 0.309 e. The lowest BCUT2D eigenvalue weighted by Gasteiger charge is -2.12. The molecule has 0 bridgehead atoms. The van der Waals surface area contributed by atoms with Gasteiger partial charge in [-0.05, 0) is 81.7 Å². The standard InChI is InChI=1S/C36H23BrN2/c37-31-23-25(19-21-36(31)39-33-16-8-4-12-27(33)28-13-5-9-17-34(28)39)24-18-20-35-30(22-24)29-14-6-7-15-32(29)38(35)26-10-2-1-3-11-26/h1-23H. The zero-order chi connectivity index (χ0) is 25.9. The number of halogens is 1. The van der Waals surface area contributed by atoms with Gasteiger partial charge >= 0.3 is 0 Å². The van der Waals surface area contributed by atoms with E-state index in [-0.39, 0.29) is 0 Å². The molecule has 2 nitrogen and oxygen atoms in total. The molecule has 0 atom stereocenters. The molecule has 0 aliphatic carbocycles. The summed E-state index contributed by atoms with van der Waals surface area (Å²) in [5.74, 6) is 0. The Hall–Kier alpha value is -4.60. The quantitative estimate of drug-likeness (QED) is 0.202. The number of fused-ring (bicyclic) bond motifs is 6. The SMILES string of the molecule is Brc1cc(-c2ccc3c(c2)c2ccccc2n3-c2ccccc2)ccc1-n1c2ccccc2c2ccccc21. The molecule has 0 amide bonds. The molecule has 2 aromatic heterocycles. The molecule has 3 heteroatoms. The van der Waals surface area contributed by atoms with E-state index in [2.05, 4.69) is 165 Å². The first-order valence-electron chi connectivity index (χ1n) is 13.1. The van der Waals surface area contributed by atoms with Gasteiger partial charge in [-0.1, -0.05) is 84.9 Å². The lowest BCUT2D eigenvalue weighted by molar-refractivity contribution is 1.17. The summed E-state index contributed by atoms with van der Waals surface area (Å²) in [6.07, 6.45) is 0. The van der Waals surface area contributed by atoms with E-state index in [1.807, 2.05) is 0 Å². The van der Waals surface area contributed by atoms with Crippen molar-refractivity contribution in [2.24, 2.45) is 0 Å². The summed E-state index contributed by atoms with van der Waals surface area (Å²) in [7, 11) is 0. The Morgan fingerprint density at radius 2 is 0.872 bits per heavy atom. The van der Waals surface area contributed by atoms with Crippen LogP contribution in [0.1, 0.15) is 0 Å². The number of nitrogens with zero attached hydrogens (tertiary/aromatic N) is 2. The summed E-state index contributed by atoms with van der Waals surface area (Å²) in [5, 5.41) is 5.06. The van der Waals surface area contributed by atoms with Crippen molar-refractivity contribution in [3.8, 4) is 22.5 Å². The van der Waals surface area contributed by atoms with Gasteiger partial charge < -0.3 is 9.13 Å². The Morgan fingerprint density at radius 3 is 1.51 bits per heavy atom. The predicted octanol–water partition coefficient (Wildman–Crippen LogP) is 10.3. The van der Waals surface area contributed by atoms with Crippen LogP contribution >= 0.6 is 15.9 Å². The summed E-state index contributed by atoms with van der Waals surface area (Å²) in [6, 6.07) is 50.1. The minimum Gasteiger partial charge on any atom is -0.309 e. The van der Waals surface area contributed by atoms with E-state index < -0.39 is 0 Å². The zero-order valence-electron chi connectivity index (χ0n) is 21.1. The molecule has 0 radical (unpaired) electrons. The molecule has 0 unspecified atom stereocenters. The first-order chi connectivity index (χ1) is 19.3. The number of rotatable bonds is 3. The van der Waals surface area contributed by atoms with Gasteiger partial charge in [0.25, 0.3) is 0 Å². The minimum absolute atomic E-state index is 1.07. The number of benzene rings is 6. The van der Waals surface area contributed by atoms with Crippen LogP contribution in [0.25, 0.3) is 66.1 Å². The van der Waals surface area contributed by atoms with Crippen molar-refractivity contribution in [1.29, 1.82) is 0 Å². The average Bonchev–Trinajstić information content (AvgIpc) is 3.50. The normalized spacial score (nSPS) is 11.7. The monoisotopic (exact) mass is 562 g/mol. The molecule has 184 valence electrons. The van der Waals surface area contributed by atoms with Crippen LogP contribution in [0.5, 0.6) is 0 Å². The summed E-state index contributed by atoms with van der Waals surface area (Å²) in [4.78, 5) is 0. The van der Waals surface area contributed by atoms with Crippen molar-refractivity contribution in [3.63, 3.8) is 0 Å². The van der Waals surface area contributed by atoms with Gasteiger partial charge in [-0.3, -0.25) is 0 Å². The Morgan fingerprint density at radius 1 is 0.385 bits per heavy atom. The van der Waals surface area contributed by atoms with Gasteiger partial charge in [0.1, 0.15) is 0 Å². The van der Waals surface area contributed by atoms with Crippen LogP contribution in [0.15, 0.2) is 144 Å². The molecule has 0 saturated carbocycles. The van der Waals surface area contributed by atoms with Gasteiger partial charge in [0, 0.05) is 31.7 Å². The molecule has 0 spiro atoms. The molecule has 2 heterocycles. The van der Waals surface area contributed by atoms with E-state index in [1.165, 1.54) is 60.4 Å². The van der Waals surface area contributed by atoms with E-state index in [9.17, 15) is 0 Å². The number of para-hydroxylation sites is 4. The molecule has 0 N–H and O–H groups in total. The maximum absolute atomic E-state index is 3.94. The van der Waals surface area contributed by atoms with Crippen LogP contribution in [-0.4, -0.2) is 9.13 Å². The predicted molar refractivity (Wildman–Crippen MR) is 168 cm³/mol. The van der Waals surface area contributed by atoms with Gasteiger partial charge in [0.05, 0.1) is 27.8 Å². The highest BCUT2D eigenvalue weighted by molar-refractivity contribution is 9.10. The highest BCUT2D eigenvalue weighted by atomic mass is 79.9. The van der Waals surface area contributed by atoms with Crippen molar-refractivity contribution in [2.75, 3.05) is 0 Å². The summed E-state index contributed by atoms with van der Waals surface area (Å²) >= 11 is 3.94. The van der Waals surface area contributed by atoms with Crippen LogP contribution in [0.2, 0.25) is 0 Å². The molecule has 6 aromatic carbocycles. The number of hydrogen-bond donors (Lipinski definition) is 0. The van der Waals surface area contributed by atoms with E-state index in [4.69, 9.17) is 0 Å². The second-order valence-electron chi connectivity index (χ2n) is 9.96. The summed E-state index contributed by atoms with van der Waals surface area (Å²) in [5.41, 5.74) is 9.56. The average molecular weight is 563 g/mol. The van der Waals surface area contributed by atoms with Crippen LogP contribution in [-0.2, 0) is 0 Å². The first kappa shape index (κ1) is 22.4. The van der Waals surface area contributed by atoms with E-state index >= 15 is 0 Å². The third-order valence-electron chi connectivity index (χ3n) is 7.79. The van der Waals surface area contributed by atoms with Crippen LogP contribution in [0.3, 0.4) is 0 Å². The van der Waals surface area contributed by atoms with Gasteiger partial charge in [-0.15, -0.1) is 0 Å². The van der Waals surface area contributed by atoms with Crippen molar-refractivity contribution < 1.29 is 0 Å². The van der Waals surface area contributed by atoms with Crippen LogP contribution < -0.4 is 0 Å². The minimum atomic E-state index is 1.07. The number of aromatic nitrogens is 2. The van der Waals surface area contributed by atoms with Crippen molar-refractivity contribution in [3.05, 3.63) is 144 Å². The molecule has 0 saturated heterocycles. The fraction of sp³-hybridized carbons (Fsp3) is 0. The van der Waals surface area contributed by atoms with Crippen molar-refractivity contribution >= 4 is 59.5 Å². The van der Waals surface area contributed by atoms with Gasteiger partial charge in [-0.25, -0.2) is 0 Å². The van der Waals surface area contributed by atoms with Crippen LogP contribution in [0, 0.1) is 0 Å². The Labute approximate surface area is 234 Å². The highest BCUT2D eigenvalue weighted by Crippen LogP contribution is 2.38. The molecule has 39 heavy (non-hydrogen) atoms. The first-order valence-corrected chi connectivity index (χ1v) is 13.9. The zero-order valence-corrected chi connectivity index (χ0v) is 22.6. The summed E-state index contributed by atoms with van der Waals surface area (Å²) in [6.45, 7) is 0. The number of hydrogen-bond acceptors (Lipinski definition) is 0. The molecule has 0 aliphatic rings. The van der Waals surface area contributed by atoms with E-state index in [0.29, 0.717) is 0 Å². The highest BCUT2D eigenvalue weighted by Gasteiger charge is 2.16. The van der Waals surface area contributed by atoms with Gasteiger partial charge in [0.15, 0.2) is 0 Å². The molecular weight excluding hydrogens is 540 g/mol. The summed E-state index contributed by atoms with van der Waals surface area (Å²) < 4.78 is 5.78. The third-order valence-corrected chi connectivity index (χ3v) is 8.42. The van der Waals surface area contributed by atoms with Crippen LogP contribution in [0.4, 0.5) is 0 Å². The second-order valence-corrected chi connectivity index (χ2v) is 10.8. The Kier molecular flexibility index (Phi) is 5.01. The van der Waals surface area contributed by atoms with Crippen molar-refractivity contribution in [2.45, 2.75) is 0 Å². The smallest absolute Gasteiger partial charge is 0.0604 e. The molecule has 8 rings (SSSR count). The molecule has 0 aliphatic heterocycles. The van der Waals surface area contributed by atoms with E-state index in [0.717, 1.165) is 10.2 Å². The second kappa shape index (κ2) is 8.72. The molecular formula is C36H23BrN2. The third kappa shape index (κ3) is 3.40. The topological polar surface area (TPSA) is 9.86 Å². The molecule has 8 aromatic rings. The fourth-order valence-electron chi connectivity index (χ4n) is 6.06.